The van der Waals surface area contributed by atoms with Crippen molar-refractivity contribution in [3.05, 3.63) is 76.6 Å². The number of hydrogen-bond acceptors (Lipinski definition) is 4. The maximum absolute atomic E-state index is 12.6. The molecule has 0 radical (unpaired) electrons. The van der Waals surface area contributed by atoms with Crippen LogP contribution in [0.1, 0.15) is 16.8 Å². The van der Waals surface area contributed by atoms with Gasteiger partial charge in [0.15, 0.2) is 0 Å². The Morgan fingerprint density at radius 2 is 1.80 bits per heavy atom. The third-order valence-electron chi connectivity index (χ3n) is 4.21. The number of aromatic nitrogens is 3. The first-order valence-corrected chi connectivity index (χ1v) is 9.26. The summed E-state index contributed by atoms with van der Waals surface area (Å²) in [6, 6.07) is 11.6. The molecule has 0 fully saturated rings. The van der Waals surface area contributed by atoms with Gasteiger partial charge in [0.2, 0.25) is 5.91 Å². The Bertz CT molecular complexity index is 989. The summed E-state index contributed by atoms with van der Waals surface area (Å²) in [5.74, 6) is 0.367. The SMILES string of the molecule is CN(Cc1ccc(C(F)(F)F)cc1)C(=O)Cn1cc(COc2ccc(Cl)cc2)nn1. The Balaban J connectivity index is 1.51. The van der Waals surface area contributed by atoms with Gasteiger partial charge in [-0.3, -0.25) is 4.79 Å². The first-order chi connectivity index (χ1) is 14.2. The van der Waals surface area contributed by atoms with Crippen molar-refractivity contribution < 1.29 is 22.7 Å². The summed E-state index contributed by atoms with van der Waals surface area (Å²) in [4.78, 5) is 13.8. The standard InChI is InChI=1S/C20H18ClF3N4O2/c1-27(10-14-2-4-15(5-3-14)20(22,23)24)19(29)12-28-11-17(25-26-28)13-30-18-8-6-16(21)7-9-18/h2-9,11H,10,12-13H2,1H3. The van der Waals surface area contributed by atoms with Crippen LogP contribution in [0.5, 0.6) is 5.75 Å². The van der Waals surface area contributed by atoms with E-state index in [1.807, 2.05) is 0 Å². The second kappa shape index (κ2) is 9.17. The van der Waals surface area contributed by atoms with Gasteiger partial charge in [-0.1, -0.05) is 28.9 Å². The normalized spacial score (nSPS) is 11.4. The molecular formula is C20H18ClF3N4O2. The van der Waals surface area contributed by atoms with Gasteiger partial charge in [-0.25, -0.2) is 4.68 Å². The second-order valence-electron chi connectivity index (χ2n) is 6.59. The molecule has 0 aliphatic carbocycles. The van der Waals surface area contributed by atoms with Crippen molar-refractivity contribution in [3.8, 4) is 5.75 Å². The number of rotatable bonds is 7. The summed E-state index contributed by atoms with van der Waals surface area (Å²) in [6.07, 6.45) is -2.79. The Hall–Kier alpha value is -3.07. The highest BCUT2D eigenvalue weighted by Gasteiger charge is 2.30. The summed E-state index contributed by atoms with van der Waals surface area (Å²) in [5, 5.41) is 8.47. The summed E-state index contributed by atoms with van der Waals surface area (Å²) < 4.78 is 44.8. The lowest BCUT2D eigenvalue weighted by atomic mass is 10.1. The summed E-state index contributed by atoms with van der Waals surface area (Å²) in [7, 11) is 1.57. The van der Waals surface area contributed by atoms with Crippen LogP contribution in [-0.2, 0) is 30.7 Å². The quantitative estimate of drug-likeness (QED) is 0.555. The Labute approximate surface area is 175 Å². The Kier molecular flexibility index (Phi) is 6.61. The molecule has 10 heteroatoms. The number of hydrogen-bond donors (Lipinski definition) is 0. The average molecular weight is 439 g/mol. The van der Waals surface area contributed by atoms with E-state index >= 15 is 0 Å². The van der Waals surface area contributed by atoms with E-state index in [4.69, 9.17) is 16.3 Å². The van der Waals surface area contributed by atoms with E-state index in [0.29, 0.717) is 22.0 Å². The summed E-state index contributed by atoms with van der Waals surface area (Å²) in [6.45, 7) is 0.306. The summed E-state index contributed by atoms with van der Waals surface area (Å²) >= 11 is 5.82. The van der Waals surface area contributed by atoms with Crippen LogP contribution in [0.2, 0.25) is 5.02 Å². The van der Waals surface area contributed by atoms with Gasteiger partial charge in [0.05, 0.1) is 11.8 Å². The summed E-state index contributed by atoms with van der Waals surface area (Å²) in [5.41, 5.74) is 0.411. The van der Waals surface area contributed by atoms with E-state index in [0.717, 1.165) is 12.1 Å². The van der Waals surface area contributed by atoms with Crippen LogP contribution in [0.3, 0.4) is 0 Å². The monoisotopic (exact) mass is 438 g/mol. The van der Waals surface area contributed by atoms with Crippen LogP contribution in [0.25, 0.3) is 0 Å². The largest absolute Gasteiger partial charge is 0.487 e. The predicted molar refractivity (Wildman–Crippen MR) is 104 cm³/mol. The van der Waals surface area contributed by atoms with E-state index in [1.54, 1.807) is 37.5 Å². The zero-order valence-corrected chi connectivity index (χ0v) is 16.7. The minimum atomic E-state index is -4.39. The van der Waals surface area contributed by atoms with Crippen molar-refractivity contribution >= 4 is 17.5 Å². The molecule has 0 unspecified atom stereocenters. The van der Waals surface area contributed by atoms with Gasteiger partial charge in [0.1, 0.15) is 24.6 Å². The van der Waals surface area contributed by atoms with Crippen LogP contribution in [0, 0.1) is 0 Å². The molecule has 6 nitrogen and oxygen atoms in total. The highest BCUT2D eigenvalue weighted by atomic mass is 35.5. The first kappa shape index (κ1) is 21.6. The fraction of sp³-hybridized carbons (Fsp3) is 0.250. The van der Waals surface area contributed by atoms with Crippen LogP contribution in [0.15, 0.2) is 54.7 Å². The van der Waals surface area contributed by atoms with E-state index in [1.165, 1.54) is 21.7 Å². The smallest absolute Gasteiger partial charge is 0.416 e. The van der Waals surface area contributed by atoms with Crippen LogP contribution < -0.4 is 4.74 Å². The molecule has 2 aromatic carbocycles. The molecule has 3 rings (SSSR count). The minimum Gasteiger partial charge on any atom is -0.487 e. The van der Waals surface area contributed by atoms with Gasteiger partial charge in [-0.2, -0.15) is 13.2 Å². The lowest BCUT2D eigenvalue weighted by Crippen LogP contribution is -2.30. The molecule has 0 N–H and O–H groups in total. The van der Waals surface area contributed by atoms with Gasteiger partial charge >= 0.3 is 6.18 Å². The molecule has 1 heterocycles. The number of ether oxygens (including phenoxy) is 1. The number of likely N-dealkylation sites (N-methyl/N-ethyl adjacent to an activating group) is 1. The zero-order valence-electron chi connectivity index (χ0n) is 15.9. The van der Waals surface area contributed by atoms with Crippen molar-refractivity contribution in [2.45, 2.75) is 25.9 Å². The van der Waals surface area contributed by atoms with Crippen molar-refractivity contribution in [2.24, 2.45) is 0 Å². The molecule has 0 saturated heterocycles. The molecule has 0 aliphatic rings. The number of nitrogens with zero attached hydrogens (tertiary/aromatic N) is 4. The topological polar surface area (TPSA) is 60.2 Å². The average Bonchev–Trinajstić information content (AvgIpc) is 3.14. The Morgan fingerprint density at radius 3 is 2.43 bits per heavy atom. The molecule has 0 spiro atoms. The number of amides is 1. The van der Waals surface area contributed by atoms with Gasteiger partial charge in [0, 0.05) is 18.6 Å². The number of benzene rings is 2. The van der Waals surface area contributed by atoms with Gasteiger partial charge in [0.25, 0.3) is 0 Å². The van der Waals surface area contributed by atoms with Gasteiger partial charge in [-0.05, 0) is 42.0 Å². The molecule has 3 aromatic rings. The number of carbonyl (C=O) groups is 1. The highest BCUT2D eigenvalue weighted by Crippen LogP contribution is 2.29. The maximum atomic E-state index is 12.6. The Morgan fingerprint density at radius 1 is 1.13 bits per heavy atom. The highest BCUT2D eigenvalue weighted by molar-refractivity contribution is 6.30. The number of halogens is 4. The molecule has 0 saturated carbocycles. The van der Waals surface area contributed by atoms with Crippen molar-refractivity contribution in [1.29, 1.82) is 0 Å². The third-order valence-corrected chi connectivity index (χ3v) is 4.46. The third kappa shape index (κ3) is 5.96. The fourth-order valence-corrected chi connectivity index (χ4v) is 2.72. The second-order valence-corrected chi connectivity index (χ2v) is 7.03. The zero-order chi connectivity index (χ0) is 21.7. The lowest BCUT2D eigenvalue weighted by molar-refractivity contribution is -0.137. The lowest BCUT2D eigenvalue weighted by Gasteiger charge is -2.17. The molecule has 0 aliphatic heterocycles. The first-order valence-electron chi connectivity index (χ1n) is 8.88. The van der Waals surface area contributed by atoms with E-state index in [-0.39, 0.29) is 25.6 Å². The minimum absolute atomic E-state index is 0.0505. The van der Waals surface area contributed by atoms with E-state index in [2.05, 4.69) is 10.3 Å². The van der Waals surface area contributed by atoms with Crippen molar-refractivity contribution in [1.82, 2.24) is 19.9 Å². The van der Waals surface area contributed by atoms with E-state index < -0.39 is 11.7 Å². The molecule has 0 atom stereocenters. The van der Waals surface area contributed by atoms with Gasteiger partial charge < -0.3 is 9.64 Å². The molecule has 0 bridgehead atoms. The van der Waals surface area contributed by atoms with Crippen LogP contribution in [-0.4, -0.2) is 32.8 Å². The van der Waals surface area contributed by atoms with Crippen molar-refractivity contribution in [2.75, 3.05) is 7.05 Å². The van der Waals surface area contributed by atoms with E-state index in [9.17, 15) is 18.0 Å². The van der Waals surface area contributed by atoms with Gasteiger partial charge in [-0.15, -0.1) is 5.10 Å². The van der Waals surface area contributed by atoms with Crippen LogP contribution in [0.4, 0.5) is 13.2 Å². The molecule has 30 heavy (non-hydrogen) atoms. The molecule has 158 valence electrons. The number of carbonyl (C=O) groups excluding carboxylic acids is 1. The fourth-order valence-electron chi connectivity index (χ4n) is 2.59. The maximum Gasteiger partial charge on any atom is 0.416 e. The molecular weight excluding hydrogens is 421 g/mol. The van der Waals surface area contributed by atoms with Crippen molar-refractivity contribution in [3.63, 3.8) is 0 Å². The molecule has 1 aromatic heterocycles. The number of alkyl halides is 3. The molecule has 1 amide bonds. The van der Waals surface area contributed by atoms with Crippen LogP contribution >= 0.6 is 11.6 Å². The predicted octanol–water partition coefficient (Wildman–Crippen LogP) is 4.19.